The average molecular weight is 218 g/mol. The second kappa shape index (κ2) is 4.92. The lowest BCUT2D eigenvalue weighted by atomic mass is 10.0. The van der Waals surface area contributed by atoms with Gasteiger partial charge in [-0.15, -0.1) is 0 Å². The van der Waals surface area contributed by atoms with Crippen molar-refractivity contribution in [3.63, 3.8) is 0 Å². The molecule has 1 aromatic heterocycles. The van der Waals surface area contributed by atoms with Crippen molar-refractivity contribution in [2.24, 2.45) is 0 Å². The normalized spacial score (nSPS) is 12.6. The number of nitrogens with one attached hydrogen (secondary N) is 1. The van der Waals surface area contributed by atoms with Crippen LogP contribution < -0.4 is 0 Å². The number of rotatable bonds is 4. The predicted molar refractivity (Wildman–Crippen MR) is 60.9 cm³/mol. The number of methoxy groups -OCH3 is 1. The number of hydrogen-bond acceptors (Lipinski definition) is 3. The van der Waals surface area contributed by atoms with Crippen molar-refractivity contribution in [1.29, 1.82) is 0 Å². The molecule has 0 bridgehead atoms. The van der Waals surface area contributed by atoms with Gasteiger partial charge in [0.05, 0.1) is 18.5 Å². The summed E-state index contributed by atoms with van der Waals surface area (Å²) in [6.07, 6.45) is 0.977. The Morgan fingerprint density at radius 1 is 1.38 bits per heavy atom. The lowest BCUT2D eigenvalue weighted by Gasteiger charge is -2.09. The van der Waals surface area contributed by atoms with Gasteiger partial charge in [-0.05, 0) is 5.56 Å². The molecule has 0 aliphatic carbocycles. The van der Waals surface area contributed by atoms with Crippen LogP contribution in [0.5, 0.6) is 0 Å². The highest BCUT2D eigenvalue weighted by atomic mass is 16.5. The third kappa shape index (κ3) is 2.13. The van der Waals surface area contributed by atoms with E-state index in [1.165, 1.54) is 0 Å². The van der Waals surface area contributed by atoms with Crippen LogP contribution in [-0.4, -0.2) is 29.0 Å². The number of aromatic nitrogens is 2. The highest BCUT2D eigenvalue weighted by Crippen LogP contribution is 2.25. The Morgan fingerprint density at radius 3 is 2.81 bits per heavy atom. The van der Waals surface area contributed by atoms with Crippen molar-refractivity contribution in [2.75, 3.05) is 13.7 Å². The van der Waals surface area contributed by atoms with E-state index in [1.807, 2.05) is 30.3 Å². The largest absolute Gasteiger partial charge is 0.386 e. The van der Waals surface area contributed by atoms with Crippen LogP contribution in [0.25, 0.3) is 11.3 Å². The molecule has 1 atom stereocenters. The number of ether oxygens (including phenoxy) is 1. The standard InChI is InChI=1S/C12H14N2O2/c1-16-8-11(15)10-7-13-14-12(10)9-5-3-2-4-6-9/h2-7,11,15H,8H2,1H3,(H,13,14). The van der Waals surface area contributed by atoms with Gasteiger partial charge in [0, 0.05) is 12.7 Å². The molecule has 0 saturated carbocycles. The quantitative estimate of drug-likeness (QED) is 0.822. The predicted octanol–water partition coefficient (Wildman–Crippen LogP) is 1.76. The fourth-order valence-corrected chi connectivity index (χ4v) is 1.63. The van der Waals surface area contributed by atoms with E-state index >= 15 is 0 Å². The Bertz CT molecular complexity index is 439. The Kier molecular flexibility index (Phi) is 3.34. The summed E-state index contributed by atoms with van der Waals surface area (Å²) in [6, 6.07) is 9.78. The first-order valence-electron chi connectivity index (χ1n) is 5.08. The summed E-state index contributed by atoms with van der Waals surface area (Å²) in [4.78, 5) is 0. The molecule has 0 aliphatic heterocycles. The minimum atomic E-state index is -0.654. The van der Waals surface area contributed by atoms with Crippen LogP contribution in [0.15, 0.2) is 36.5 Å². The first-order valence-corrected chi connectivity index (χ1v) is 5.08. The van der Waals surface area contributed by atoms with Crippen LogP contribution in [-0.2, 0) is 4.74 Å². The molecular formula is C12H14N2O2. The van der Waals surface area contributed by atoms with E-state index in [4.69, 9.17) is 4.74 Å². The lowest BCUT2D eigenvalue weighted by molar-refractivity contribution is 0.0647. The van der Waals surface area contributed by atoms with Crippen molar-refractivity contribution in [3.05, 3.63) is 42.1 Å². The van der Waals surface area contributed by atoms with Crippen LogP contribution in [0.4, 0.5) is 0 Å². The molecule has 0 fully saturated rings. The van der Waals surface area contributed by atoms with Gasteiger partial charge >= 0.3 is 0 Å². The van der Waals surface area contributed by atoms with Crippen molar-refractivity contribution < 1.29 is 9.84 Å². The maximum absolute atomic E-state index is 9.87. The van der Waals surface area contributed by atoms with E-state index in [0.29, 0.717) is 0 Å². The molecule has 0 saturated heterocycles. The second-order valence-corrected chi connectivity index (χ2v) is 3.54. The van der Waals surface area contributed by atoms with Crippen LogP contribution in [0, 0.1) is 0 Å². The number of nitrogens with zero attached hydrogens (tertiary/aromatic N) is 1. The summed E-state index contributed by atoms with van der Waals surface area (Å²) in [5.74, 6) is 0. The molecule has 1 heterocycles. The van der Waals surface area contributed by atoms with Gasteiger partial charge in [-0.2, -0.15) is 5.10 Å². The summed E-state index contributed by atoms with van der Waals surface area (Å²) in [5, 5.41) is 16.7. The summed E-state index contributed by atoms with van der Waals surface area (Å²) in [7, 11) is 1.56. The monoisotopic (exact) mass is 218 g/mol. The number of aromatic amines is 1. The van der Waals surface area contributed by atoms with Crippen molar-refractivity contribution in [1.82, 2.24) is 10.2 Å². The molecule has 4 heteroatoms. The van der Waals surface area contributed by atoms with Crippen LogP contribution >= 0.6 is 0 Å². The molecule has 84 valence electrons. The fourth-order valence-electron chi connectivity index (χ4n) is 1.63. The third-order valence-electron chi connectivity index (χ3n) is 2.41. The van der Waals surface area contributed by atoms with Gasteiger partial charge in [0.15, 0.2) is 0 Å². The summed E-state index contributed by atoms with van der Waals surface area (Å²) in [5.41, 5.74) is 2.60. The Labute approximate surface area is 93.9 Å². The first kappa shape index (κ1) is 10.9. The maximum Gasteiger partial charge on any atom is 0.106 e. The number of benzene rings is 1. The average Bonchev–Trinajstić information content (AvgIpc) is 2.79. The molecule has 2 N–H and O–H groups in total. The van der Waals surface area contributed by atoms with Crippen molar-refractivity contribution in [3.8, 4) is 11.3 Å². The van der Waals surface area contributed by atoms with E-state index in [1.54, 1.807) is 13.3 Å². The summed E-state index contributed by atoms with van der Waals surface area (Å²) in [6.45, 7) is 0.263. The van der Waals surface area contributed by atoms with E-state index in [-0.39, 0.29) is 6.61 Å². The Morgan fingerprint density at radius 2 is 2.12 bits per heavy atom. The number of aliphatic hydroxyl groups excluding tert-OH is 1. The minimum absolute atomic E-state index is 0.263. The van der Waals surface area contributed by atoms with E-state index < -0.39 is 6.10 Å². The Hall–Kier alpha value is -1.65. The smallest absolute Gasteiger partial charge is 0.106 e. The molecule has 0 amide bonds. The molecule has 2 rings (SSSR count). The molecule has 2 aromatic rings. The van der Waals surface area contributed by atoms with Gasteiger partial charge in [-0.25, -0.2) is 0 Å². The first-order chi connectivity index (χ1) is 7.83. The zero-order valence-corrected chi connectivity index (χ0v) is 9.05. The van der Waals surface area contributed by atoms with Crippen LogP contribution in [0.3, 0.4) is 0 Å². The molecule has 1 unspecified atom stereocenters. The molecular weight excluding hydrogens is 204 g/mol. The van der Waals surface area contributed by atoms with E-state index in [2.05, 4.69) is 10.2 Å². The van der Waals surface area contributed by atoms with Crippen molar-refractivity contribution in [2.45, 2.75) is 6.10 Å². The fraction of sp³-hybridized carbons (Fsp3) is 0.250. The number of hydrogen-bond donors (Lipinski definition) is 2. The molecule has 4 nitrogen and oxygen atoms in total. The van der Waals surface area contributed by atoms with Gasteiger partial charge in [0.25, 0.3) is 0 Å². The summed E-state index contributed by atoms with van der Waals surface area (Å²) >= 11 is 0. The number of aliphatic hydroxyl groups is 1. The van der Waals surface area contributed by atoms with Crippen LogP contribution in [0.2, 0.25) is 0 Å². The number of H-pyrrole nitrogens is 1. The summed E-state index contributed by atoms with van der Waals surface area (Å²) < 4.78 is 4.93. The van der Waals surface area contributed by atoms with Gasteiger partial charge in [-0.3, -0.25) is 5.10 Å². The van der Waals surface area contributed by atoms with Gasteiger partial charge in [0.2, 0.25) is 0 Å². The minimum Gasteiger partial charge on any atom is -0.386 e. The second-order valence-electron chi connectivity index (χ2n) is 3.54. The van der Waals surface area contributed by atoms with Gasteiger partial charge in [-0.1, -0.05) is 30.3 Å². The SMILES string of the molecule is COCC(O)c1cn[nH]c1-c1ccccc1. The van der Waals surface area contributed by atoms with E-state index in [0.717, 1.165) is 16.8 Å². The van der Waals surface area contributed by atoms with Gasteiger partial charge < -0.3 is 9.84 Å². The molecule has 1 aromatic carbocycles. The third-order valence-corrected chi connectivity index (χ3v) is 2.41. The Balaban J connectivity index is 2.33. The highest BCUT2D eigenvalue weighted by molar-refractivity contribution is 5.62. The lowest BCUT2D eigenvalue weighted by Crippen LogP contribution is -2.05. The zero-order valence-electron chi connectivity index (χ0n) is 9.05. The highest BCUT2D eigenvalue weighted by Gasteiger charge is 2.15. The zero-order chi connectivity index (χ0) is 11.4. The van der Waals surface area contributed by atoms with Crippen LogP contribution in [0.1, 0.15) is 11.7 Å². The topological polar surface area (TPSA) is 58.1 Å². The van der Waals surface area contributed by atoms with Gasteiger partial charge in [0.1, 0.15) is 6.10 Å². The van der Waals surface area contributed by atoms with Crippen molar-refractivity contribution >= 4 is 0 Å². The molecule has 16 heavy (non-hydrogen) atoms. The van der Waals surface area contributed by atoms with E-state index in [9.17, 15) is 5.11 Å². The molecule has 0 spiro atoms. The maximum atomic E-state index is 9.87. The molecule has 0 radical (unpaired) electrons. The molecule has 0 aliphatic rings.